The van der Waals surface area contributed by atoms with E-state index in [1.807, 2.05) is 0 Å². The maximum atomic E-state index is 14.1. The molecule has 0 bridgehead atoms. The van der Waals surface area contributed by atoms with Gasteiger partial charge in [0.1, 0.15) is 11.6 Å². The first-order valence-electron chi connectivity index (χ1n) is 9.19. The Morgan fingerprint density at radius 1 is 1.00 bits per heavy atom. The molecule has 1 aliphatic heterocycles. The molecule has 2 heterocycles. The van der Waals surface area contributed by atoms with Crippen LogP contribution in [0.3, 0.4) is 0 Å². The monoisotopic (exact) mass is 438 g/mol. The Labute approximate surface area is 180 Å². The zero-order valence-corrected chi connectivity index (χ0v) is 16.8. The number of amides is 2. The second kappa shape index (κ2) is 8.57. The summed E-state index contributed by atoms with van der Waals surface area (Å²) in [6.07, 6.45) is 1.51. The lowest BCUT2D eigenvalue weighted by Gasteiger charge is -2.15. The van der Waals surface area contributed by atoms with Crippen LogP contribution in [0.25, 0.3) is 5.57 Å². The summed E-state index contributed by atoms with van der Waals surface area (Å²) >= 11 is 1.13. The van der Waals surface area contributed by atoms with Gasteiger partial charge in [-0.2, -0.15) is 0 Å². The normalized spacial score (nSPS) is 13.9. The van der Waals surface area contributed by atoms with E-state index in [0.717, 1.165) is 16.7 Å². The van der Waals surface area contributed by atoms with Crippen molar-refractivity contribution in [2.24, 2.45) is 0 Å². The van der Waals surface area contributed by atoms with Crippen LogP contribution in [0.5, 0.6) is 0 Å². The van der Waals surface area contributed by atoms with Gasteiger partial charge in [0.15, 0.2) is 0 Å². The molecule has 4 rings (SSSR count). The van der Waals surface area contributed by atoms with E-state index in [0.29, 0.717) is 17.1 Å². The van der Waals surface area contributed by atoms with Gasteiger partial charge in [-0.15, -0.1) is 11.8 Å². The number of carbonyl (C=O) groups excluding carboxylic acids is 2. The van der Waals surface area contributed by atoms with E-state index in [1.54, 1.807) is 18.2 Å². The van der Waals surface area contributed by atoms with Crippen LogP contribution in [-0.4, -0.2) is 21.6 Å². The molecule has 3 aromatic rings. The van der Waals surface area contributed by atoms with E-state index in [-0.39, 0.29) is 28.3 Å². The van der Waals surface area contributed by atoms with E-state index >= 15 is 0 Å². The fourth-order valence-electron chi connectivity index (χ4n) is 3.17. The number of nitrogens with zero attached hydrogens (tertiary/aromatic N) is 2. The van der Waals surface area contributed by atoms with Crippen LogP contribution in [0.15, 0.2) is 76.2 Å². The van der Waals surface area contributed by atoms with E-state index in [2.05, 4.69) is 0 Å². The second-order valence-corrected chi connectivity index (χ2v) is 7.65. The number of nitro groups is 1. The third kappa shape index (κ3) is 4.13. The van der Waals surface area contributed by atoms with Crippen LogP contribution in [0.1, 0.15) is 16.9 Å². The van der Waals surface area contributed by atoms with Gasteiger partial charge in [-0.3, -0.25) is 24.6 Å². The van der Waals surface area contributed by atoms with Crippen LogP contribution >= 0.6 is 11.8 Å². The third-order valence-corrected chi connectivity index (χ3v) is 5.81. The van der Waals surface area contributed by atoms with Gasteiger partial charge >= 0.3 is 0 Å². The maximum absolute atomic E-state index is 14.1. The van der Waals surface area contributed by atoms with Crippen LogP contribution < -0.4 is 0 Å². The summed E-state index contributed by atoms with van der Waals surface area (Å²) in [7, 11) is 0. The maximum Gasteiger partial charge on any atom is 0.269 e. The molecule has 31 heavy (non-hydrogen) atoms. The van der Waals surface area contributed by atoms with Crippen LogP contribution in [0.4, 0.5) is 10.1 Å². The van der Waals surface area contributed by atoms with Gasteiger partial charge in [-0.25, -0.2) is 4.39 Å². The third-order valence-electron chi connectivity index (χ3n) is 4.72. The fraction of sp³-hybridized carbons (Fsp3) is 0.0909. The van der Waals surface area contributed by atoms with Crippen molar-refractivity contribution in [2.75, 3.05) is 0 Å². The van der Waals surface area contributed by atoms with Gasteiger partial charge in [-0.05, 0) is 35.9 Å². The zero-order valence-electron chi connectivity index (χ0n) is 16.0. The van der Waals surface area contributed by atoms with Crippen molar-refractivity contribution in [3.63, 3.8) is 0 Å². The lowest BCUT2D eigenvalue weighted by Crippen LogP contribution is -2.31. The Bertz CT molecular complexity index is 1190. The summed E-state index contributed by atoms with van der Waals surface area (Å²) in [6, 6.07) is 14.8. The van der Waals surface area contributed by atoms with Crippen molar-refractivity contribution in [3.05, 3.63) is 105 Å². The predicted molar refractivity (Wildman–Crippen MR) is 112 cm³/mol. The number of furan rings is 1. The molecule has 0 spiro atoms. The topological polar surface area (TPSA) is 93.7 Å². The minimum atomic E-state index is -0.580. The molecule has 1 aliphatic rings. The smallest absolute Gasteiger partial charge is 0.269 e. The van der Waals surface area contributed by atoms with Gasteiger partial charge in [0.2, 0.25) is 0 Å². The molecular formula is C22H15FN2O5S. The molecule has 2 aromatic carbocycles. The number of hydrogen-bond donors (Lipinski definition) is 0. The summed E-state index contributed by atoms with van der Waals surface area (Å²) in [5.74, 6) is -0.710. The van der Waals surface area contributed by atoms with Crippen molar-refractivity contribution >= 4 is 34.8 Å². The minimum absolute atomic E-state index is 0.130. The molecule has 0 fully saturated rings. The predicted octanol–water partition coefficient (Wildman–Crippen LogP) is 4.54. The number of thioether (sulfide) groups is 1. The highest BCUT2D eigenvalue weighted by molar-refractivity contribution is 8.03. The van der Waals surface area contributed by atoms with Crippen molar-refractivity contribution < 1.29 is 23.3 Å². The van der Waals surface area contributed by atoms with E-state index in [4.69, 9.17) is 4.42 Å². The van der Waals surface area contributed by atoms with Gasteiger partial charge in [-0.1, -0.05) is 18.2 Å². The Kier molecular flexibility index (Phi) is 5.68. The summed E-state index contributed by atoms with van der Waals surface area (Å²) in [5.41, 5.74) is 0.591. The number of hydrogen-bond acceptors (Lipinski definition) is 6. The zero-order chi connectivity index (χ0) is 22.0. The highest BCUT2D eigenvalue weighted by atomic mass is 32.2. The standard InChI is InChI=1S/C22H15FN2O5S/c23-18-6-2-1-4-15(18)12-24-21(26)19(14-7-9-16(10-8-14)25(28)29)20(22(24)27)31-13-17-5-3-11-30-17/h1-11H,12-13H2. The Morgan fingerprint density at radius 3 is 2.39 bits per heavy atom. The average Bonchev–Trinajstić information content (AvgIpc) is 3.36. The molecule has 156 valence electrons. The van der Waals surface area contributed by atoms with Gasteiger partial charge in [0.25, 0.3) is 17.5 Å². The largest absolute Gasteiger partial charge is 0.468 e. The van der Waals surface area contributed by atoms with Crippen molar-refractivity contribution in [1.29, 1.82) is 0 Å². The number of non-ortho nitro benzene ring substituents is 1. The summed E-state index contributed by atoms with van der Waals surface area (Å²) in [4.78, 5) is 37.9. The quantitative estimate of drug-likeness (QED) is 0.305. The Balaban J connectivity index is 1.69. The molecule has 0 saturated heterocycles. The summed E-state index contributed by atoms with van der Waals surface area (Å²) in [5, 5.41) is 10.9. The highest BCUT2D eigenvalue weighted by Gasteiger charge is 2.39. The molecule has 0 radical (unpaired) electrons. The average molecular weight is 438 g/mol. The molecule has 0 aliphatic carbocycles. The molecule has 7 nitrogen and oxygen atoms in total. The fourth-order valence-corrected chi connectivity index (χ4v) is 4.20. The van der Waals surface area contributed by atoms with Crippen LogP contribution in [0, 0.1) is 15.9 Å². The first kappa shape index (κ1) is 20.5. The number of imide groups is 1. The van der Waals surface area contributed by atoms with E-state index < -0.39 is 22.6 Å². The molecule has 0 N–H and O–H groups in total. The first-order chi connectivity index (χ1) is 15.0. The Morgan fingerprint density at radius 2 is 1.74 bits per heavy atom. The molecule has 2 amide bonds. The number of benzene rings is 2. The van der Waals surface area contributed by atoms with Crippen molar-refractivity contribution in [2.45, 2.75) is 12.3 Å². The number of rotatable bonds is 7. The van der Waals surface area contributed by atoms with Crippen molar-refractivity contribution in [3.8, 4) is 0 Å². The van der Waals surface area contributed by atoms with E-state index in [9.17, 15) is 24.1 Å². The number of carbonyl (C=O) groups is 2. The molecule has 0 atom stereocenters. The second-order valence-electron chi connectivity index (χ2n) is 6.66. The molecule has 9 heteroatoms. The number of nitro benzene ring substituents is 1. The van der Waals surface area contributed by atoms with E-state index in [1.165, 1.54) is 48.7 Å². The summed E-state index contributed by atoms with van der Waals surface area (Å²) in [6.45, 7) is -0.217. The van der Waals surface area contributed by atoms with Gasteiger partial charge in [0, 0.05) is 17.7 Å². The first-order valence-corrected chi connectivity index (χ1v) is 10.2. The SMILES string of the molecule is O=C1C(SCc2ccco2)=C(c2ccc([N+](=O)[O-])cc2)C(=O)N1Cc1ccccc1F. The van der Waals surface area contributed by atoms with Gasteiger partial charge in [0.05, 0.1) is 34.0 Å². The minimum Gasteiger partial charge on any atom is -0.468 e. The summed E-state index contributed by atoms with van der Waals surface area (Å²) < 4.78 is 19.4. The molecule has 0 saturated carbocycles. The molecule has 0 unspecified atom stereocenters. The lowest BCUT2D eigenvalue weighted by molar-refractivity contribution is -0.384. The van der Waals surface area contributed by atoms with Gasteiger partial charge < -0.3 is 4.42 Å². The molecular weight excluding hydrogens is 423 g/mol. The highest BCUT2D eigenvalue weighted by Crippen LogP contribution is 2.38. The lowest BCUT2D eigenvalue weighted by atomic mass is 10.1. The van der Waals surface area contributed by atoms with Crippen LogP contribution in [0.2, 0.25) is 0 Å². The molecule has 1 aromatic heterocycles. The number of halogens is 1. The van der Waals surface area contributed by atoms with Crippen LogP contribution in [-0.2, 0) is 21.9 Å². The Hall–Kier alpha value is -3.72. The van der Waals surface area contributed by atoms with Crippen molar-refractivity contribution in [1.82, 2.24) is 4.90 Å².